The van der Waals surface area contributed by atoms with Gasteiger partial charge in [0.2, 0.25) is 0 Å². The number of likely N-dealkylation sites (tertiary alicyclic amines) is 1. The van der Waals surface area contributed by atoms with Crippen LogP contribution in [0.5, 0.6) is 0 Å². The van der Waals surface area contributed by atoms with Crippen LogP contribution in [0.25, 0.3) is 0 Å². The Kier molecular flexibility index (Phi) is 5.58. The fourth-order valence-corrected chi connectivity index (χ4v) is 3.75. The lowest BCUT2D eigenvalue weighted by Crippen LogP contribution is -2.48. The van der Waals surface area contributed by atoms with Crippen molar-refractivity contribution in [2.24, 2.45) is 0 Å². The number of fused-ring (bicyclic) bond motifs is 1. The van der Waals surface area contributed by atoms with Crippen molar-refractivity contribution in [1.82, 2.24) is 9.80 Å². The van der Waals surface area contributed by atoms with Crippen LogP contribution < -0.4 is 0 Å². The standard InChI is InChI=1S/C20H24N2O5/c1-3-14-8-6-7-11-21(14)18(24)13(2)27-17(23)12-22-19(25)15-9-4-5-10-16(15)20(22)26/h4-5,9-10,13-14H,3,6-8,11-12H2,1-2H3. The first-order valence-electron chi connectivity index (χ1n) is 9.39. The predicted molar refractivity (Wildman–Crippen MR) is 97.0 cm³/mol. The molecule has 27 heavy (non-hydrogen) atoms. The van der Waals surface area contributed by atoms with Crippen LogP contribution >= 0.6 is 0 Å². The van der Waals surface area contributed by atoms with Crippen molar-refractivity contribution in [3.05, 3.63) is 35.4 Å². The van der Waals surface area contributed by atoms with Gasteiger partial charge in [-0.1, -0.05) is 19.1 Å². The van der Waals surface area contributed by atoms with Gasteiger partial charge < -0.3 is 9.64 Å². The lowest BCUT2D eigenvalue weighted by molar-refractivity contribution is -0.161. The molecule has 1 saturated heterocycles. The quantitative estimate of drug-likeness (QED) is 0.583. The number of carbonyl (C=O) groups is 4. The summed E-state index contributed by atoms with van der Waals surface area (Å²) in [4.78, 5) is 52.2. The molecule has 0 spiro atoms. The van der Waals surface area contributed by atoms with Gasteiger partial charge in [0.15, 0.2) is 6.10 Å². The molecule has 7 heteroatoms. The molecule has 144 valence electrons. The number of carbonyl (C=O) groups excluding carboxylic acids is 4. The molecular weight excluding hydrogens is 348 g/mol. The molecular formula is C20H24N2O5. The monoisotopic (exact) mass is 372 g/mol. The fraction of sp³-hybridized carbons (Fsp3) is 0.500. The largest absolute Gasteiger partial charge is 0.451 e. The van der Waals surface area contributed by atoms with E-state index in [4.69, 9.17) is 4.74 Å². The Balaban J connectivity index is 1.60. The zero-order chi connectivity index (χ0) is 19.6. The Morgan fingerprint density at radius 1 is 1.15 bits per heavy atom. The van der Waals surface area contributed by atoms with E-state index in [1.807, 2.05) is 6.92 Å². The van der Waals surface area contributed by atoms with Gasteiger partial charge in [-0.05, 0) is 44.7 Å². The average Bonchev–Trinajstić information content (AvgIpc) is 2.92. The number of rotatable bonds is 5. The minimum absolute atomic E-state index is 0.170. The van der Waals surface area contributed by atoms with Gasteiger partial charge in [-0.3, -0.25) is 24.1 Å². The lowest BCUT2D eigenvalue weighted by atomic mass is 9.99. The average molecular weight is 372 g/mol. The van der Waals surface area contributed by atoms with Crippen LogP contribution in [0, 0.1) is 0 Å². The molecule has 2 heterocycles. The fourth-order valence-electron chi connectivity index (χ4n) is 3.75. The minimum atomic E-state index is -0.945. The summed E-state index contributed by atoms with van der Waals surface area (Å²) < 4.78 is 5.24. The number of hydrogen-bond acceptors (Lipinski definition) is 5. The predicted octanol–water partition coefficient (Wildman–Crippen LogP) is 2.01. The number of piperidine rings is 1. The molecule has 0 aromatic heterocycles. The van der Waals surface area contributed by atoms with Gasteiger partial charge >= 0.3 is 5.97 Å². The third-order valence-corrected chi connectivity index (χ3v) is 5.20. The van der Waals surface area contributed by atoms with Crippen LogP contribution in [0.15, 0.2) is 24.3 Å². The molecule has 7 nitrogen and oxygen atoms in total. The van der Waals surface area contributed by atoms with E-state index in [2.05, 4.69) is 0 Å². The maximum Gasteiger partial charge on any atom is 0.326 e. The van der Waals surface area contributed by atoms with Crippen LogP contribution in [0.4, 0.5) is 0 Å². The first kappa shape index (κ1) is 19.1. The van der Waals surface area contributed by atoms with E-state index in [1.54, 1.807) is 29.2 Å². The second kappa shape index (κ2) is 7.90. The third-order valence-electron chi connectivity index (χ3n) is 5.20. The summed E-state index contributed by atoms with van der Waals surface area (Å²) in [7, 11) is 0. The van der Waals surface area contributed by atoms with Crippen molar-refractivity contribution in [3.8, 4) is 0 Å². The number of amides is 3. The zero-order valence-electron chi connectivity index (χ0n) is 15.6. The van der Waals surface area contributed by atoms with Crippen LogP contribution in [0.2, 0.25) is 0 Å². The number of nitrogens with zero attached hydrogens (tertiary/aromatic N) is 2. The van der Waals surface area contributed by atoms with Crippen molar-refractivity contribution in [2.45, 2.75) is 51.7 Å². The van der Waals surface area contributed by atoms with Gasteiger partial charge in [-0.25, -0.2) is 0 Å². The van der Waals surface area contributed by atoms with E-state index >= 15 is 0 Å². The Morgan fingerprint density at radius 2 is 1.78 bits per heavy atom. The van der Waals surface area contributed by atoms with E-state index in [9.17, 15) is 19.2 Å². The van der Waals surface area contributed by atoms with Gasteiger partial charge in [0, 0.05) is 12.6 Å². The SMILES string of the molecule is CCC1CCCCN1C(=O)C(C)OC(=O)CN1C(=O)c2ccccc2C1=O. The molecule has 2 unspecified atom stereocenters. The van der Waals surface area contributed by atoms with Crippen molar-refractivity contribution in [1.29, 1.82) is 0 Å². The van der Waals surface area contributed by atoms with E-state index < -0.39 is 30.4 Å². The van der Waals surface area contributed by atoms with E-state index in [0.717, 1.165) is 30.6 Å². The molecule has 0 N–H and O–H groups in total. The lowest BCUT2D eigenvalue weighted by Gasteiger charge is -2.36. The summed E-state index contributed by atoms with van der Waals surface area (Å²) in [6.45, 7) is 3.73. The summed E-state index contributed by atoms with van der Waals surface area (Å²) in [5, 5.41) is 0. The number of ether oxygens (including phenoxy) is 1. The zero-order valence-corrected chi connectivity index (χ0v) is 15.6. The minimum Gasteiger partial charge on any atom is -0.451 e. The van der Waals surface area contributed by atoms with Gasteiger partial charge in [-0.2, -0.15) is 0 Å². The van der Waals surface area contributed by atoms with Crippen molar-refractivity contribution in [3.63, 3.8) is 0 Å². The molecule has 0 bridgehead atoms. The highest BCUT2D eigenvalue weighted by atomic mass is 16.5. The van der Waals surface area contributed by atoms with Gasteiger partial charge in [0.1, 0.15) is 6.54 Å². The smallest absolute Gasteiger partial charge is 0.326 e. The van der Waals surface area contributed by atoms with Crippen LogP contribution in [0.1, 0.15) is 60.2 Å². The Labute approximate surface area is 158 Å². The van der Waals surface area contributed by atoms with Crippen LogP contribution in [-0.4, -0.2) is 58.7 Å². The number of imide groups is 1. The number of esters is 1. The van der Waals surface area contributed by atoms with Gasteiger partial charge in [0.25, 0.3) is 17.7 Å². The maximum atomic E-state index is 12.6. The molecule has 1 aromatic carbocycles. The second-order valence-corrected chi connectivity index (χ2v) is 6.96. The molecule has 2 aliphatic rings. The van der Waals surface area contributed by atoms with E-state index in [1.165, 1.54) is 6.92 Å². The highest BCUT2D eigenvalue weighted by Crippen LogP contribution is 2.23. The topological polar surface area (TPSA) is 84.0 Å². The van der Waals surface area contributed by atoms with Crippen LogP contribution in [-0.2, 0) is 14.3 Å². The molecule has 3 amide bonds. The number of hydrogen-bond donors (Lipinski definition) is 0. The summed E-state index contributed by atoms with van der Waals surface area (Å²) in [6.07, 6.45) is 2.91. The molecule has 0 aliphatic carbocycles. The highest BCUT2D eigenvalue weighted by molar-refractivity contribution is 6.22. The first-order chi connectivity index (χ1) is 12.9. The molecule has 3 rings (SSSR count). The van der Waals surface area contributed by atoms with Crippen molar-refractivity contribution < 1.29 is 23.9 Å². The van der Waals surface area contributed by atoms with Gasteiger partial charge in [-0.15, -0.1) is 0 Å². The summed E-state index contributed by atoms with van der Waals surface area (Å²) >= 11 is 0. The van der Waals surface area contributed by atoms with E-state index in [0.29, 0.717) is 6.54 Å². The van der Waals surface area contributed by atoms with Gasteiger partial charge in [0.05, 0.1) is 11.1 Å². The Morgan fingerprint density at radius 3 is 2.37 bits per heavy atom. The number of benzene rings is 1. The van der Waals surface area contributed by atoms with Crippen molar-refractivity contribution in [2.75, 3.05) is 13.1 Å². The molecule has 1 aromatic rings. The summed E-state index contributed by atoms with van der Waals surface area (Å²) in [6, 6.07) is 6.59. The molecule has 2 aliphatic heterocycles. The molecule has 2 atom stereocenters. The summed E-state index contributed by atoms with van der Waals surface area (Å²) in [5.41, 5.74) is 0.553. The van der Waals surface area contributed by atoms with E-state index in [-0.39, 0.29) is 23.1 Å². The summed E-state index contributed by atoms with van der Waals surface area (Å²) in [5.74, 6) is -2.03. The third kappa shape index (κ3) is 3.72. The molecule has 1 fully saturated rings. The molecule has 0 saturated carbocycles. The molecule has 0 radical (unpaired) electrons. The van der Waals surface area contributed by atoms with Crippen molar-refractivity contribution >= 4 is 23.7 Å². The second-order valence-electron chi connectivity index (χ2n) is 6.96. The normalized spacial score (nSPS) is 20.4. The Bertz CT molecular complexity index is 740. The Hall–Kier alpha value is -2.70. The maximum absolute atomic E-state index is 12.6. The first-order valence-corrected chi connectivity index (χ1v) is 9.39. The highest BCUT2D eigenvalue weighted by Gasteiger charge is 2.37. The van der Waals surface area contributed by atoms with Crippen LogP contribution in [0.3, 0.4) is 0 Å².